The molecule has 0 saturated heterocycles. The Labute approximate surface area is 179 Å². The van der Waals surface area contributed by atoms with Gasteiger partial charge in [0.2, 0.25) is 0 Å². The van der Waals surface area contributed by atoms with Gasteiger partial charge in [0.1, 0.15) is 11.6 Å². The van der Waals surface area contributed by atoms with E-state index >= 15 is 0 Å². The molecular weight excluding hydrogens is 418 g/mol. The summed E-state index contributed by atoms with van der Waals surface area (Å²) in [5.74, 6) is 1.04. The van der Waals surface area contributed by atoms with Gasteiger partial charge in [0.25, 0.3) is 15.9 Å². The number of rotatable bonds is 7. The minimum absolute atomic E-state index is 0.0452. The van der Waals surface area contributed by atoms with Gasteiger partial charge < -0.3 is 14.4 Å². The molecule has 2 N–H and O–H groups in total. The summed E-state index contributed by atoms with van der Waals surface area (Å²) in [6, 6.07) is 15.1. The van der Waals surface area contributed by atoms with Gasteiger partial charge in [-0.1, -0.05) is 23.4 Å². The van der Waals surface area contributed by atoms with Crippen molar-refractivity contribution < 1.29 is 17.7 Å². The molecule has 0 bridgehead atoms. The van der Waals surface area contributed by atoms with Crippen molar-refractivity contribution in [3.8, 4) is 0 Å². The summed E-state index contributed by atoms with van der Waals surface area (Å²) in [4.78, 5) is 17.1. The van der Waals surface area contributed by atoms with Crippen molar-refractivity contribution in [2.45, 2.75) is 18.2 Å². The molecule has 2 aromatic carbocycles. The first-order valence-electron chi connectivity index (χ1n) is 9.58. The van der Waals surface area contributed by atoms with Crippen LogP contribution < -0.4 is 10.0 Å². The number of imidazole rings is 1. The highest BCUT2D eigenvalue weighted by molar-refractivity contribution is 7.92. The lowest BCUT2D eigenvalue weighted by molar-refractivity contribution is 0.0953. The monoisotopic (exact) mass is 439 g/mol. The summed E-state index contributed by atoms with van der Waals surface area (Å²) in [6.07, 6.45) is 0.544. The molecular formula is C21H21N5O4S. The lowest BCUT2D eigenvalue weighted by atomic mass is 10.2. The predicted molar refractivity (Wildman–Crippen MR) is 115 cm³/mol. The molecule has 2 heterocycles. The number of fused-ring (bicyclic) bond motifs is 1. The molecule has 0 fully saturated rings. The smallest absolute Gasteiger partial charge is 0.263 e. The van der Waals surface area contributed by atoms with Crippen LogP contribution in [0.2, 0.25) is 0 Å². The van der Waals surface area contributed by atoms with Crippen molar-refractivity contribution in [1.82, 2.24) is 20.0 Å². The summed E-state index contributed by atoms with van der Waals surface area (Å²) >= 11 is 0. The molecule has 0 spiro atoms. The Morgan fingerprint density at radius 2 is 1.94 bits per heavy atom. The van der Waals surface area contributed by atoms with Gasteiger partial charge >= 0.3 is 0 Å². The number of hydrogen-bond donors (Lipinski definition) is 2. The molecule has 0 saturated carbocycles. The molecule has 10 heteroatoms. The fraction of sp³-hybridized carbons (Fsp3) is 0.190. The second-order valence-electron chi connectivity index (χ2n) is 7.04. The number of benzene rings is 2. The highest BCUT2D eigenvalue weighted by Crippen LogP contribution is 2.17. The van der Waals surface area contributed by atoms with Gasteiger partial charge in [-0.2, -0.15) is 0 Å². The van der Waals surface area contributed by atoms with Crippen LogP contribution in [0.15, 0.2) is 64.0 Å². The van der Waals surface area contributed by atoms with E-state index in [4.69, 9.17) is 4.52 Å². The first kappa shape index (κ1) is 20.6. The van der Waals surface area contributed by atoms with E-state index in [1.165, 1.54) is 24.3 Å². The zero-order valence-electron chi connectivity index (χ0n) is 17.0. The van der Waals surface area contributed by atoms with Crippen LogP contribution in [0.3, 0.4) is 0 Å². The van der Waals surface area contributed by atoms with Crippen molar-refractivity contribution in [3.05, 3.63) is 71.7 Å². The van der Waals surface area contributed by atoms with Crippen LogP contribution in [-0.2, 0) is 23.5 Å². The molecule has 160 valence electrons. The van der Waals surface area contributed by atoms with Gasteiger partial charge in [0.15, 0.2) is 5.82 Å². The Morgan fingerprint density at radius 3 is 2.68 bits per heavy atom. The molecule has 31 heavy (non-hydrogen) atoms. The molecule has 0 aliphatic heterocycles. The fourth-order valence-corrected chi connectivity index (χ4v) is 4.25. The highest BCUT2D eigenvalue weighted by atomic mass is 32.2. The Bertz CT molecular complexity index is 1360. The zero-order chi connectivity index (χ0) is 22.0. The zero-order valence-corrected chi connectivity index (χ0v) is 17.8. The van der Waals surface area contributed by atoms with Crippen LogP contribution in [0.1, 0.15) is 21.9 Å². The number of aryl methyl sites for hydroxylation is 2. The van der Waals surface area contributed by atoms with Crippen molar-refractivity contribution >= 4 is 32.8 Å². The number of hydrogen-bond acceptors (Lipinski definition) is 6. The van der Waals surface area contributed by atoms with E-state index in [0.29, 0.717) is 18.7 Å². The van der Waals surface area contributed by atoms with E-state index in [0.717, 1.165) is 16.9 Å². The lowest BCUT2D eigenvalue weighted by Gasteiger charge is -2.08. The lowest BCUT2D eigenvalue weighted by Crippen LogP contribution is -2.26. The van der Waals surface area contributed by atoms with Gasteiger partial charge in [-0.15, -0.1) is 0 Å². The summed E-state index contributed by atoms with van der Waals surface area (Å²) in [5, 5.41) is 6.44. The second kappa shape index (κ2) is 8.23. The molecule has 0 aliphatic rings. The van der Waals surface area contributed by atoms with Crippen LogP contribution in [0, 0.1) is 6.92 Å². The molecule has 4 rings (SSSR count). The number of amides is 1. The van der Waals surface area contributed by atoms with E-state index in [1.807, 2.05) is 35.9 Å². The summed E-state index contributed by atoms with van der Waals surface area (Å²) in [5.41, 5.74) is 2.17. The fourth-order valence-electron chi connectivity index (χ4n) is 3.22. The molecule has 9 nitrogen and oxygen atoms in total. The van der Waals surface area contributed by atoms with Crippen LogP contribution in [0.25, 0.3) is 11.0 Å². The van der Waals surface area contributed by atoms with Crippen LogP contribution in [0.4, 0.5) is 5.82 Å². The third kappa shape index (κ3) is 4.43. The first-order chi connectivity index (χ1) is 14.8. The quantitative estimate of drug-likeness (QED) is 0.457. The number of aromatic nitrogens is 3. The average molecular weight is 439 g/mol. The largest absolute Gasteiger partial charge is 0.360 e. The number of nitrogens with one attached hydrogen (secondary N) is 2. The average Bonchev–Trinajstić information content (AvgIpc) is 3.30. The summed E-state index contributed by atoms with van der Waals surface area (Å²) in [6.45, 7) is 2.02. The number of carbonyl (C=O) groups excluding carboxylic acids is 1. The molecule has 1 amide bonds. The topological polar surface area (TPSA) is 119 Å². The van der Waals surface area contributed by atoms with Gasteiger partial charge in [0.05, 0.1) is 15.9 Å². The SMILES string of the molecule is Cc1cc(NS(=O)(=O)c2cccc(C(=O)NCCc3nc4ccccc4n3C)c2)no1. The van der Waals surface area contributed by atoms with Crippen LogP contribution in [-0.4, -0.2) is 35.6 Å². The first-order valence-corrected chi connectivity index (χ1v) is 11.1. The third-order valence-corrected chi connectivity index (χ3v) is 6.14. The van der Waals surface area contributed by atoms with Gasteiger partial charge in [-0.3, -0.25) is 9.52 Å². The number of sulfonamides is 1. The Kier molecular flexibility index (Phi) is 5.47. The molecule has 0 unspecified atom stereocenters. The number of nitrogens with zero attached hydrogens (tertiary/aromatic N) is 3. The number of anilines is 1. The maximum atomic E-state index is 12.6. The van der Waals surface area contributed by atoms with Gasteiger partial charge in [-0.25, -0.2) is 13.4 Å². The van der Waals surface area contributed by atoms with E-state index in [1.54, 1.807) is 13.0 Å². The number of para-hydroxylation sites is 2. The molecule has 4 aromatic rings. The van der Waals surface area contributed by atoms with Crippen molar-refractivity contribution in [2.75, 3.05) is 11.3 Å². The Hall–Kier alpha value is -3.66. The normalized spacial score (nSPS) is 11.5. The van der Waals surface area contributed by atoms with Crippen molar-refractivity contribution in [1.29, 1.82) is 0 Å². The van der Waals surface area contributed by atoms with Gasteiger partial charge in [0, 0.05) is 31.6 Å². The minimum atomic E-state index is -3.91. The maximum absolute atomic E-state index is 12.6. The predicted octanol–water partition coefficient (Wildman–Crippen LogP) is 2.64. The molecule has 0 atom stereocenters. The summed E-state index contributed by atoms with van der Waals surface area (Å²) < 4.78 is 34.3. The van der Waals surface area contributed by atoms with E-state index in [-0.39, 0.29) is 22.2 Å². The summed E-state index contributed by atoms with van der Waals surface area (Å²) in [7, 11) is -1.97. The van der Waals surface area contributed by atoms with Crippen molar-refractivity contribution in [3.63, 3.8) is 0 Å². The molecule has 0 radical (unpaired) electrons. The highest BCUT2D eigenvalue weighted by Gasteiger charge is 2.18. The van der Waals surface area contributed by atoms with Gasteiger partial charge in [-0.05, 0) is 37.3 Å². The minimum Gasteiger partial charge on any atom is -0.360 e. The second-order valence-corrected chi connectivity index (χ2v) is 8.72. The maximum Gasteiger partial charge on any atom is 0.263 e. The Balaban J connectivity index is 1.42. The Morgan fingerprint density at radius 1 is 1.13 bits per heavy atom. The van der Waals surface area contributed by atoms with Crippen LogP contribution in [0.5, 0.6) is 0 Å². The number of carbonyl (C=O) groups is 1. The van der Waals surface area contributed by atoms with E-state index in [9.17, 15) is 13.2 Å². The van der Waals surface area contributed by atoms with Crippen LogP contribution >= 0.6 is 0 Å². The molecule has 2 aromatic heterocycles. The molecule has 0 aliphatic carbocycles. The van der Waals surface area contributed by atoms with Crippen molar-refractivity contribution in [2.24, 2.45) is 7.05 Å². The third-order valence-electron chi connectivity index (χ3n) is 4.79. The van der Waals surface area contributed by atoms with E-state index < -0.39 is 10.0 Å². The standard InChI is InChI=1S/C21H21N5O4S/c1-14-12-19(24-30-14)25-31(28,29)16-7-5-6-15(13-16)21(27)22-11-10-20-23-17-8-3-4-9-18(17)26(20)2/h3-9,12-13H,10-11H2,1-2H3,(H,22,27)(H,24,25). The van der Waals surface area contributed by atoms with E-state index in [2.05, 4.69) is 20.2 Å².